The highest BCUT2D eigenvalue weighted by Gasteiger charge is 2.30. The van der Waals surface area contributed by atoms with Crippen LogP contribution in [0.5, 0.6) is 0 Å². The molecular weight excluding hydrogens is 409 g/mol. The third-order valence-electron chi connectivity index (χ3n) is 8.44. The fourth-order valence-electron chi connectivity index (χ4n) is 6.06. The van der Waals surface area contributed by atoms with E-state index in [-0.39, 0.29) is 29.7 Å². The quantitative estimate of drug-likeness (QED) is 0.423. The van der Waals surface area contributed by atoms with Gasteiger partial charge in [0.2, 0.25) is 0 Å². The summed E-state index contributed by atoms with van der Waals surface area (Å²) in [7, 11) is 0. The van der Waals surface area contributed by atoms with Crippen molar-refractivity contribution < 1.29 is 17.9 Å². The molecule has 0 aromatic heterocycles. The molecule has 0 radical (unpaired) electrons. The second-order valence-electron chi connectivity index (χ2n) is 10.6. The molecule has 1 aromatic rings. The fourth-order valence-corrected chi connectivity index (χ4v) is 6.06. The SMILES string of the molecule is CCC1C=C(F)C(COC2CCC(c3ccc(C4CCC(C)CC4)c(F)c3F)CC2)CC1. The summed E-state index contributed by atoms with van der Waals surface area (Å²) in [5.41, 5.74) is 1.10. The Morgan fingerprint density at radius 1 is 0.781 bits per heavy atom. The minimum absolute atomic E-state index is 0.0122. The van der Waals surface area contributed by atoms with Gasteiger partial charge in [-0.05, 0) is 98.7 Å². The summed E-state index contributed by atoms with van der Waals surface area (Å²) >= 11 is 0. The number of benzene rings is 1. The molecule has 2 fully saturated rings. The molecule has 2 atom stereocenters. The molecule has 1 aromatic carbocycles. The number of rotatable bonds is 6. The normalized spacial score (nSPS) is 33.7. The van der Waals surface area contributed by atoms with E-state index in [2.05, 4.69) is 13.8 Å². The molecule has 1 nitrogen and oxygen atoms in total. The topological polar surface area (TPSA) is 9.23 Å². The van der Waals surface area contributed by atoms with Crippen LogP contribution >= 0.6 is 0 Å². The van der Waals surface area contributed by atoms with Crippen molar-refractivity contribution in [2.75, 3.05) is 6.61 Å². The van der Waals surface area contributed by atoms with E-state index in [0.717, 1.165) is 70.6 Å². The van der Waals surface area contributed by atoms with Crippen LogP contribution in [-0.4, -0.2) is 12.7 Å². The monoisotopic (exact) mass is 448 g/mol. The third kappa shape index (κ3) is 5.43. The molecule has 0 spiro atoms. The highest BCUT2D eigenvalue weighted by atomic mass is 19.2. The Bertz CT molecular complexity index is 788. The molecule has 3 aliphatic rings. The Morgan fingerprint density at radius 2 is 1.34 bits per heavy atom. The molecule has 0 saturated heterocycles. The van der Waals surface area contributed by atoms with Gasteiger partial charge in [-0.3, -0.25) is 0 Å². The second-order valence-corrected chi connectivity index (χ2v) is 10.6. The van der Waals surface area contributed by atoms with Gasteiger partial charge in [-0.15, -0.1) is 0 Å². The second kappa shape index (κ2) is 10.8. The third-order valence-corrected chi connectivity index (χ3v) is 8.44. The smallest absolute Gasteiger partial charge is 0.162 e. The molecule has 0 N–H and O–H groups in total. The number of halogens is 3. The predicted octanol–water partition coefficient (Wildman–Crippen LogP) is 8.59. The standard InChI is InChI=1S/C28H39F3O/c1-3-19-6-9-22(26(29)16-19)17-32-23-12-10-21(11-13-23)25-15-14-24(27(30)28(25)31)20-7-4-18(2)5-8-20/h14-16,18-23H,3-13,17H2,1-2H3. The number of hydrogen-bond acceptors (Lipinski definition) is 1. The predicted molar refractivity (Wildman–Crippen MR) is 123 cm³/mol. The van der Waals surface area contributed by atoms with Crippen LogP contribution in [0.1, 0.15) is 107 Å². The maximum absolute atomic E-state index is 15.0. The van der Waals surface area contributed by atoms with Gasteiger partial charge >= 0.3 is 0 Å². The average molecular weight is 449 g/mol. The van der Waals surface area contributed by atoms with Gasteiger partial charge in [0.25, 0.3) is 0 Å². The molecular formula is C28H39F3O. The van der Waals surface area contributed by atoms with Crippen LogP contribution in [0.25, 0.3) is 0 Å². The van der Waals surface area contributed by atoms with E-state index >= 15 is 4.39 Å². The number of hydrogen-bond donors (Lipinski definition) is 0. The number of ether oxygens (including phenoxy) is 1. The minimum Gasteiger partial charge on any atom is -0.377 e. The minimum atomic E-state index is -0.634. The Labute approximate surface area is 191 Å². The summed E-state index contributed by atoms with van der Waals surface area (Å²) in [4.78, 5) is 0. The molecule has 2 unspecified atom stereocenters. The van der Waals surface area contributed by atoms with Crippen molar-refractivity contribution in [1.29, 1.82) is 0 Å². The Balaban J connectivity index is 1.30. The Hall–Kier alpha value is -1.29. The van der Waals surface area contributed by atoms with Crippen molar-refractivity contribution in [2.24, 2.45) is 17.8 Å². The molecule has 0 bridgehead atoms. The van der Waals surface area contributed by atoms with Gasteiger partial charge in [0.15, 0.2) is 11.6 Å². The average Bonchev–Trinajstić information content (AvgIpc) is 2.81. The zero-order chi connectivity index (χ0) is 22.7. The van der Waals surface area contributed by atoms with E-state index in [1.165, 1.54) is 0 Å². The molecule has 4 heteroatoms. The molecule has 0 heterocycles. The van der Waals surface area contributed by atoms with Crippen molar-refractivity contribution in [2.45, 2.75) is 102 Å². The number of allylic oxidation sites excluding steroid dienone is 1. The lowest BCUT2D eigenvalue weighted by Gasteiger charge is -2.32. The van der Waals surface area contributed by atoms with E-state index in [4.69, 9.17) is 4.74 Å². The van der Waals surface area contributed by atoms with Gasteiger partial charge < -0.3 is 4.74 Å². The van der Waals surface area contributed by atoms with Gasteiger partial charge in [0.05, 0.1) is 12.7 Å². The molecule has 2 saturated carbocycles. The summed E-state index contributed by atoms with van der Waals surface area (Å²) in [6, 6.07) is 3.68. The van der Waals surface area contributed by atoms with E-state index in [1.807, 2.05) is 12.1 Å². The van der Waals surface area contributed by atoms with Crippen molar-refractivity contribution in [3.63, 3.8) is 0 Å². The van der Waals surface area contributed by atoms with Gasteiger partial charge in [-0.1, -0.05) is 38.8 Å². The summed E-state index contributed by atoms with van der Waals surface area (Å²) in [5.74, 6) is -0.128. The van der Waals surface area contributed by atoms with E-state index in [9.17, 15) is 8.78 Å². The van der Waals surface area contributed by atoms with Crippen LogP contribution in [0.15, 0.2) is 24.0 Å². The van der Waals surface area contributed by atoms with Crippen LogP contribution in [0.4, 0.5) is 13.2 Å². The largest absolute Gasteiger partial charge is 0.377 e. The lowest BCUT2D eigenvalue weighted by atomic mass is 9.77. The van der Waals surface area contributed by atoms with Crippen LogP contribution in [0.2, 0.25) is 0 Å². The van der Waals surface area contributed by atoms with Crippen LogP contribution in [0, 0.1) is 29.4 Å². The first-order valence-electron chi connectivity index (χ1n) is 12.9. The van der Waals surface area contributed by atoms with Crippen molar-refractivity contribution in [1.82, 2.24) is 0 Å². The molecule has 178 valence electrons. The van der Waals surface area contributed by atoms with Crippen molar-refractivity contribution in [3.8, 4) is 0 Å². The van der Waals surface area contributed by atoms with E-state index in [1.54, 1.807) is 6.08 Å². The summed E-state index contributed by atoms with van der Waals surface area (Å²) in [6.45, 7) is 4.77. The first-order chi connectivity index (χ1) is 15.5. The fraction of sp³-hybridized carbons (Fsp3) is 0.714. The Morgan fingerprint density at radius 3 is 1.88 bits per heavy atom. The maximum Gasteiger partial charge on any atom is 0.162 e. The van der Waals surface area contributed by atoms with Crippen LogP contribution in [0.3, 0.4) is 0 Å². The van der Waals surface area contributed by atoms with Crippen LogP contribution < -0.4 is 0 Å². The molecule has 32 heavy (non-hydrogen) atoms. The summed E-state index contributed by atoms with van der Waals surface area (Å²) < 4.78 is 50.3. The van der Waals surface area contributed by atoms with Crippen LogP contribution in [-0.2, 0) is 4.74 Å². The Kier molecular flexibility index (Phi) is 8.02. The first kappa shape index (κ1) is 23.9. The lowest BCUT2D eigenvalue weighted by Crippen LogP contribution is -2.25. The highest BCUT2D eigenvalue weighted by Crippen LogP contribution is 2.41. The lowest BCUT2D eigenvalue weighted by molar-refractivity contribution is 0.00359. The van der Waals surface area contributed by atoms with Crippen molar-refractivity contribution in [3.05, 3.63) is 46.8 Å². The van der Waals surface area contributed by atoms with Gasteiger partial charge in [0.1, 0.15) is 5.83 Å². The highest BCUT2D eigenvalue weighted by molar-refractivity contribution is 5.32. The first-order valence-corrected chi connectivity index (χ1v) is 12.9. The summed E-state index contributed by atoms with van der Waals surface area (Å²) in [5, 5.41) is 0. The van der Waals surface area contributed by atoms with E-state index in [0.29, 0.717) is 29.6 Å². The summed E-state index contributed by atoms with van der Waals surface area (Å²) in [6.07, 6.45) is 12.1. The van der Waals surface area contributed by atoms with Gasteiger partial charge in [-0.2, -0.15) is 0 Å². The van der Waals surface area contributed by atoms with Crippen molar-refractivity contribution >= 4 is 0 Å². The zero-order valence-electron chi connectivity index (χ0n) is 19.7. The molecule has 0 amide bonds. The molecule has 3 aliphatic carbocycles. The van der Waals surface area contributed by atoms with Gasteiger partial charge in [-0.25, -0.2) is 13.2 Å². The van der Waals surface area contributed by atoms with Gasteiger partial charge in [0, 0.05) is 5.92 Å². The zero-order valence-corrected chi connectivity index (χ0v) is 19.7. The van der Waals surface area contributed by atoms with E-state index < -0.39 is 11.6 Å². The maximum atomic E-state index is 15.0. The molecule has 0 aliphatic heterocycles. The molecule has 4 rings (SSSR count).